The van der Waals surface area contributed by atoms with Crippen molar-refractivity contribution in [3.8, 4) is 11.5 Å². The third kappa shape index (κ3) is 7.39. The average molecular weight is 463 g/mol. The predicted octanol–water partition coefficient (Wildman–Crippen LogP) is 3.68. The molecule has 1 aliphatic heterocycles. The number of likely N-dealkylation sites (tertiary alicyclic amines) is 1. The molecule has 3 atom stereocenters. The minimum absolute atomic E-state index is 0.241. The predicted molar refractivity (Wildman–Crippen MR) is 127 cm³/mol. The molecule has 1 fully saturated rings. The quantitative estimate of drug-likeness (QED) is 0.466. The number of ether oxygens (including phenoxy) is 4. The number of hydrogen-bond acceptors (Lipinski definition) is 7. The lowest BCUT2D eigenvalue weighted by atomic mass is 9.79. The first kappa shape index (κ1) is 26.5. The highest BCUT2D eigenvalue weighted by atomic mass is 16.6. The maximum absolute atomic E-state index is 12.4. The third-order valence-corrected chi connectivity index (χ3v) is 5.53. The summed E-state index contributed by atoms with van der Waals surface area (Å²) >= 11 is 0. The van der Waals surface area contributed by atoms with Crippen molar-refractivity contribution >= 4 is 12.1 Å². The smallest absolute Gasteiger partial charge is 0.408 e. The summed E-state index contributed by atoms with van der Waals surface area (Å²) in [6.45, 7) is 10.4. The number of alkyl carbamates (subject to hydrolysis) is 1. The van der Waals surface area contributed by atoms with Gasteiger partial charge in [-0.05, 0) is 78.4 Å². The molecule has 1 amide bonds. The number of esters is 1. The second kappa shape index (κ2) is 10.9. The minimum atomic E-state index is -0.826. The van der Waals surface area contributed by atoms with E-state index in [0.29, 0.717) is 11.5 Å². The van der Waals surface area contributed by atoms with Crippen LogP contribution in [0.25, 0.3) is 0 Å². The highest BCUT2D eigenvalue weighted by molar-refractivity contribution is 5.81. The van der Waals surface area contributed by atoms with Gasteiger partial charge in [-0.25, -0.2) is 9.59 Å². The zero-order valence-corrected chi connectivity index (χ0v) is 21.1. The lowest BCUT2D eigenvalue weighted by Crippen LogP contribution is -2.43. The molecule has 1 heterocycles. The summed E-state index contributed by atoms with van der Waals surface area (Å²) in [6, 6.07) is 5.14. The SMILES string of the molecule is COc1ccc(C2(/C=C\C(C)OC(=O)C(C)NC(=O)OC(C)(C)C)CCN(C)C2)cc1OC. The molecular formula is C25H38N2O6. The Balaban J connectivity index is 2.10. The van der Waals surface area contributed by atoms with Crippen molar-refractivity contribution in [1.82, 2.24) is 10.2 Å². The van der Waals surface area contributed by atoms with E-state index in [0.717, 1.165) is 25.1 Å². The molecule has 0 spiro atoms. The first-order chi connectivity index (χ1) is 15.4. The molecule has 0 radical (unpaired) electrons. The molecule has 8 heteroatoms. The van der Waals surface area contributed by atoms with E-state index in [1.165, 1.54) is 0 Å². The summed E-state index contributed by atoms with van der Waals surface area (Å²) in [7, 11) is 5.33. The maximum Gasteiger partial charge on any atom is 0.408 e. The van der Waals surface area contributed by atoms with Crippen LogP contribution in [0.2, 0.25) is 0 Å². The molecule has 184 valence electrons. The van der Waals surface area contributed by atoms with Crippen molar-refractivity contribution in [1.29, 1.82) is 0 Å². The molecule has 1 saturated heterocycles. The van der Waals surface area contributed by atoms with Gasteiger partial charge in [-0.15, -0.1) is 0 Å². The molecule has 33 heavy (non-hydrogen) atoms. The number of carbonyl (C=O) groups excluding carboxylic acids is 2. The van der Waals surface area contributed by atoms with Gasteiger partial charge in [0.25, 0.3) is 0 Å². The van der Waals surface area contributed by atoms with Crippen LogP contribution in [0, 0.1) is 0 Å². The van der Waals surface area contributed by atoms with Crippen LogP contribution in [0.3, 0.4) is 0 Å². The van der Waals surface area contributed by atoms with Gasteiger partial charge in [0.1, 0.15) is 17.7 Å². The largest absolute Gasteiger partial charge is 0.493 e. The fourth-order valence-electron chi connectivity index (χ4n) is 3.83. The van der Waals surface area contributed by atoms with Crippen molar-refractivity contribution in [2.24, 2.45) is 0 Å². The number of nitrogens with zero attached hydrogens (tertiary/aromatic N) is 1. The Hall–Kier alpha value is -2.74. The summed E-state index contributed by atoms with van der Waals surface area (Å²) < 4.78 is 21.6. The fraction of sp³-hybridized carbons (Fsp3) is 0.600. The van der Waals surface area contributed by atoms with Gasteiger partial charge in [-0.2, -0.15) is 0 Å². The maximum atomic E-state index is 12.4. The van der Waals surface area contributed by atoms with E-state index < -0.39 is 29.8 Å². The monoisotopic (exact) mass is 462 g/mol. The van der Waals surface area contributed by atoms with E-state index in [2.05, 4.69) is 23.3 Å². The van der Waals surface area contributed by atoms with Crippen LogP contribution < -0.4 is 14.8 Å². The Labute approximate surface area is 197 Å². The minimum Gasteiger partial charge on any atom is -0.493 e. The van der Waals surface area contributed by atoms with Crippen LogP contribution >= 0.6 is 0 Å². The van der Waals surface area contributed by atoms with Gasteiger partial charge < -0.3 is 29.2 Å². The highest BCUT2D eigenvalue weighted by Crippen LogP contribution is 2.39. The van der Waals surface area contributed by atoms with Crippen LogP contribution in [0.5, 0.6) is 11.5 Å². The van der Waals surface area contributed by atoms with Crippen LogP contribution in [-0.4, -0.2) is 69.1 Å². The van der Waals surface area contributed by atoms with Gasteiger partial charge in [-0.3, -0.25) is 0 Å². The Morgan fingerprint density at radius 3 is 2.36 bits per heavy atom. The van der Waals surface area contributed by atoms with Crippen LogP contribution in [0.1, 0.15) is 46.6 Å². The van der Waals surface area contributed by atoms with Gasteiger partial charge in [0.05, 0.1) is 14.2 Å². The van der Waals surface area contributed by atoms with Crippen LogP contribution in [0.15, 0.2) is 30.4 Å². The molecule has 0 aromatic heterocycles. The van der Waals surface area contributed by atoms with Crippen LogP contribution in [-0.2, 0) is 19.7 Å². The van der Waals surface area contributed by atoms with Crippen molar-refractivity contribution < 1.29 is 28.5 Å². The summed E-state index contributed by atoms with van der Waals surface area (Å²) in [5.74, 6) is 0.834. The number of nitrogens with one attached hydrogen (secondary N) is 1. The topological polar surface area (TPSA) is 86.3 Å². The molecule has 0 aliphatic carbocycles. The number of carbonyl (C=O) groups is 2. The summed E-state index contributed by atoms with van der Waals surface area (Å²) in [6.07, 6.45) is 3.81. The number of amides is 1. The molecule has 3 unspecified atom stereocenters. The molecule has 1 aliphatic rings. The number of methoxy groups -OCH3 is 2. The Bertz CT molecular complexity index is 863. The molecule has 1 N–H and O–H groups in total. The summed E-state index contributed by atoms with van der Waals surface area (Å²) in [4.78, 5) is 26.6. The van der Waals surface area contributed by atoms with E-state index in [-0.39, 0.29) is 5.41 Å². The van der Waals surface area contributed by atoms with Gasteiger partial charge in [0.2, 0.25) is 0 Å². The van der Waals surface area contributed by atoms with Crippen molar-refractivity contribution in [3.05, 3.63) is 35.9 Å². The third-order valence-electron chi connectivity index (χ3n) is 5.53. The van der Waals surface area contributed by atoms with E-state index in [1.54, 1.807) is 48.8 Å². The molecule has 1 aromatic carbocycles. The molecule has 0 saturated carbocycles. The van der Waals surface area contributed by atoms with Gasteiger partial charge in [-0.1, -0.05) is 12.1 Å². The van der Waals surface area contributed by atoms with Crippen molar-refractivity contribution in [3.63, 3.8) is 0 Å². The zero-order valence-electron chi connectivity index (χ0n) is 21.1. The Morgan fingerprint density at radius 1 is 1.15 bits per heavy atom. The standard InChI is InChI=1S/C25H38N2O6/c1-17(32-22(28)18(2)26-23(29)33-24(3,4)5)11-12-25(13-14-27(6)16-25)19-9-10-20(30-7)21(15-19)31-8/h9-12,15,17-18H,13-14,16H2,1-8H3,(H,26,29)/b12-11-. The second-order valence-electron chi connectivity index (χ2n) is 9.58. The molecule has 8 nitrogen and oxygen atoms in total. The zero-order chi connectivity index (χ0) is 24.8. The number of benzene rings is 1. The first-order valence-corrected chi connectivity index (χ1v) is 11.2. The number of likely N-dealkylation sites (N-methyl/N-ethyl adjacent to an activating group) is 1. The molecule has 0 bridgehead atoms. The summed E-state index contributed by atoms with van der Waals surface area (Å²) in [5.41, 5.74) is 0.227. The highest BCUT2D eigenvalue weighted by Gasteiger charge is 2.37. The summed E-state index contributed by atoms with van der Waals surface area (Å²) in [5, 5.41) is 2.51. The lowest BCUT2D eigenvalue weighted by Gasteiger charge is -2.27. The van der Waals surface area contributed by atoms with E-state index in [1.807, 2.05) is 24.3 Å². The number of rotatable bonds is 8. The first-order valence-electron chi connectivity index (χ1n) is 11.2. The molecular weight excluding hydrogens is 424 g/mol. The number of hydrogen-bond donors (Lipinski definition) is 1. The fourth-order valence-corrected chi connectivity index (χ4v) is 3.83. The molecule has 1 aromatic rings. The van der Waals surface area contributed by atoms with Gasteiger partial charge in [0.15, 0.2) is 11.5 Å². The van der Waals surface area contributed by atoms with Gasteiger partial charge >= 0.3 is 12.1 Å². The Kier molecular flexibility index (Phi) is 8.77. The van der Waals surface area contributed by atoms with Crippen LogP contribution in [0.4, 0.5) is 4.79 Å². The van der Waals surface area contributed by atoms with Gasteiger partial charge in [0, 0.05) is 12.0 Å². The van der Waals surface area contributed by atoms with E-state index in [9.17, 15) is 9.59 Å². The molecule has 2 rings (SSSR count). The van der Waals surface area contributed by atoms with E-state index >= 15 is 0 Å². The van der Waals surface area contributed by atoms with E-state index in [4.69, 9.17) is 18.9 Å². The second-order valence-corrected chi connectivity index (χ2v) is 9.58. The van der Waals surface area contributed by atoms with Crippen molar-refractivity contribution in [2.75, 3.05) is 34.4 Å². The normalized spacial score (nSPS) is 20.8. The lowest BCUT2D eigenvalue weighted by molar-refractivity contribution is -0.148. The Morgan fingerprint density at radius 2 is 1.82 bits per heavy atom. The average Bonchev–Trinajstić information content (AvgIpc) is 3.12. The van der Waals surface area contributed by atoms with Crippen molar-refractivity contribution in [2.45, 2.75) is 64.2 Å².